The summed E-state index contributed by atoms with van der Waals surface area (Å²) in [5.74, 6) is 1.14. The summed E-state index contributed by atoms with van der Waals surface area (Å²) in [6, 6.07) is 3.29. The zero-order chi connectivity index (χ0) is 28.8. The standard InChI is InChI=1S/C28H36Cl2N6O4/c1-6-9-35-16-19(17-35)40-12-11-36-26-18(15-32-28(33-26)31-8-7-10-34(2)3)13-20(27(36)37)23-24(29)21(38-4)14-22(39-5)25(23)30/h6,13-15,19H,1,7-12,16-17H2,2-5H3,(H,31,32,33). The van der Waals surface area contributed by atoms with E-state index in [4.69, 9.17) is 42.4 Å². The van der Waals surface area contributed by atoms with Crippen LogP contribution in [0.1, 0.15) is 6.42 Å². The van der Waals surface area contributed by atoms with Crippen LogP contribution in [-0.4, -0.2) is 98.1 Å². The van der Waals surface area contributed by atoms with Gasteiger partial charge >= 0.3 is 0 Å². The number of halogens is 2. The summed E-state index contributed by atoms with van der Waals surface area (Å²) >= 11 is 13.4. The summed E-state index contributed by atoms with van der Waals surface area (Å²) in [7, 11) is 7.04. The highest BCUT2D eigenvalue weighted by Crippen LogP contribution is 2.45. The van der Waals surface area contributed by atoms with E-state index in [0.29, 0.717) is 47.2 Å². The minimum absolute atomic E-state index is 0.111. The van der Waals surface area contributed by atoms with Gasteiger partial charge in [0.2, 0.25) is 5.95 Å². The quantitative estimate of drug-likeness (QED) is 0.220. The van der Waals surface area contributed by atoms with Crippen molar-refractivity contribution in [1.29, 1.82) is 0 Å². The van der Waals surface area contributed by atoms with Gasteiger partial charge in [0, 0.05) is 49.4 Å². The number of hydrogen-bond acceptors (Lipinski definition) is 9. The second-order valence-corrected chi connectivity index (χ2v) is 10.6. The largest absolute Gasteiger partial charge is 0.495 e. The van der Waals surface area contributed by atoms with Gasteiger partial charge in [-0.3, -0.25) is 14.3 Å². The molecule has 2 aromatic heterocycles. The van der Waals surface area contributed by atoms with Crippen LogP contribution in [-0.2, 0) is 11.3 Å². The minimum Gasteiger partial charge on any atom is -0.495 e. The Morgan fingerprint density at radius 1 is 1.18 bits per heavy atom. The molecule has 0 spiro atoms. The van der Waals surface area contributed by atoms with Gasteiger partial charge in [-0.2, -0.15) is 4.98 Å². The van der Waals surface area contributed by atoms with E-state index in [0.717, 1.165) is 32.6 Å². The van der Waals surface area contributed by atoms with Gasteiger partial charge in [0.1, 0.15) is 17.1 Å². The van der Waals surface area contributed by atoms with Gasteiger partial charge in [-0.25, -0.2) is 4.98 Å². The monoisotopic (exact) mass is 590 g/mol. The summed E-state index contributed by atoms with van der Waals surface area (Å²) in [5, 5.41) is 4.34. The SMILES string of the molecule is C=CCN1CC(OCCn2c(=O)c(-c3c(Cl)c(OC)cc(OC)c3Cl)cc3cnc(NCCCN(C)C)nc32)C1. The Morgan fingerprint density at radius 3 is 2.50 bits per heavy atom. The summed E-state index contributed by atoms with van der Waals surface area (Å²) in [5.41, 5.74) is 0.794. The lowest BCUT2D eigenvalue weighted by Gasteiger charge is -2.38. The molecule has 3 heterocycles. The third-order valence-electron chi connectivity index (χ3n) is 6.71. The Labute approximate surface area is 244 Å². The van der Waals surface area contributed by atoms with Crippen molar-refractivity contribution in [3.63, 3.8) is 0 Å². The molecule has 1 aromatic carbocycles. The van der Waals surface area contributed by atoms with Crippen molar-refractivity contribution in [2.45, 2.75) is 19.1 Å². The molecule has 1 fully saturated rings. The molecular weight excluding hydrogens is 555 g/mol. The molecule has 0 unspecified atom stereocenters. The number of rotatable bonds is 14. The fraction of sp³-hybridized carbons (Fsp3) is 0.464. The van der Waals surface area contributed by atoms with Crippen molar-refractivity contribution < 1.29 is 14.2 Å². The van der Waals surface area contributed by atoms with Gasteiger partial charge in [0.15, 0.2) is 0 Å². The second kappa shape index (κ2) is 13.6. The van der Waals surface area contributed by atoms with Crippen molar-refractivity contribution >= 4 is 40.2 Å². The van der Waals surface area contributed by atoms with Crippen molar-refractivity contribution in [2.75, 3.05) is 73.0 Å². The van der Waals surface area contributed by atoms with Crippen LogP contribution in [0, 0.1) is 0 Å². The second-order valence-electron chi connectivity index (χ2n) is 9.86. The smallest absolute Gasteiger partial charge is 0.260 e. The molecule has 3 aromatic rings. The number of aromatic nitrogens is 3. The van der Waals surface area contributed by atoms with E-state index in [2.05, 4.69) is 26.7 Å². The predicted molar refractivity (Wildman–Crippen MR) is 160 cm³/mol. The predicted octanol–water partition coefficient (Wildman–Crippen LogP) is 4.03. The number of nitrogens with zero attached hydrogens (tertiary/aromatic N) is 5. The van der Waals surface area contributed by atoms with E-state index in [1.54, 1.807) is 22.9 Å². The van der Waals surface area contributed by atoms with E-state index in [9.17, 15) is 4.79 Å². The molecule has 12 heteroatoms. The molecule has 10 nitrogen and oxygen atoms in total. The van der Waals surface area contributed by atoms with Crippen LogP contribution in [0.15, 0.2) is 35.8 Å². The van der Waals surface area contributed by atoms with Crippen molar-refractivity contribution in [3.8, 4) is 22.6 Å². The van der Waals surface area contributed by atoms with E-state index < -0.39 is 0 Å². The number of likely N-dealkylation sites (tertiary alicyclic amines) is 1. The lowest BCUT2D eigenvalue weighted by atomic mass is 10.0. The first-order chi connectivity index (χ1) is 19.3. The number of anilines is 1. The van der Waals surface area contributed by atoms with Gasteiger partial charge in [0.25, 0.3) is 5.56 Å². The highest BCUT2D eigenvalue weighted by atomic mass is 35.5. The summed E-state index contributed by atoms with van der Waals surface area (Å²) in [6.45, 7) is 8.53. The first-order valence-corrected chi connectivity index (χ1v) is 13.9. The van der Waals surface area contributed by atoms with Gasteiger partial charge in [0.05, 0.1) is 49.1 Å². The molecule has 0 aliphatic carbocycles. The summed E-state index contributed by atoms with van der Waals surface area (Å²) in [4.78, 5) is 27.6. The van der Waals surface area contributed by atoms with Gasteiger partial charge in [-0.1, -0.05) is 29.3 Å². The lowest BCUT2D eigenvalue weighted by molar-refractivity contribution is -0.0516. The Bertz CT molecular complexity index is 1380. The van der Waals surface area contributed by atoms with E-state index in [1.165, 1.54) is 14.2 Å². The lowest BCUT2D eigenvalue weighted by Crippen LogP contribution is -2.52. The third-order valence-corrected chi connectivity index (χ3v) is 7.47. The topological polar surface area (TPSA) is 94.0 Å². The number of benzene rings is 1. The molecule has 1 aliphatic heterocycles. The minimum atomic E-state index is -0.311. The van der Waals surface area contributed by atoms with Crippen LogP contribution in [0.5, 0.6) is 11.5 Å². The van der Waals surface area contributed by atoms with Crippen LogP contribution in [0.2, 0.25) is 10.0 Å². The fourth-order valence-corrected chi connectivity index (χ4v) is 5.32. The maximum Gasteiger partial charge on any atom is 0.260 e. The van der Waals surface area contributed by atoms with Crippen LogP contribution >= 0.6 is 23.2 Å². The fourth-order valence-electron chi connectivity index (χ4n) is 4.62. The molecular formula is C28H36Cl2N6O4. The average Bonchev–Trinajstić information content (AvgIpc) is 2.91. The molecule has 216 valence electrons. The van der Waals surface area contributed by atoms with E-state index >= 15 is 0 Å². The maximum atomic E-state index is 14.0. The molecule has 0 bridgehead atoms. The number of nitrogens with one attached hydrogen (secondary N) is 1. The molecule has 40 heavy (non-hydrogen) atoms. The normalized spacial score (nSPS) is 14.0. The van der Waals surface area contributed by atoms with Crippen molar-refractivity contribution in [3.05, 3.63) is 51.4 Å². The van der Waals surface area contributed by atoms with Crippen LogP contribution in [0.3, 0.4) is 0 Å². The molecule has 0 radical (unpaired) electrons. The number of methoxy groups -OCH3 is 2. The first-order valence-electron chi connectivity index (χ1n) is 13.1. The molecule has 4 rings (SSSR count). The van der Waals surface area contributed by atoms with Crippen molar-refractivity contribution in [2.24, 2.45) is 0 Å². The molecule has 1 aliphatic rings. The first kappa shape index (κ1) is 30.1. The van der Waals surface area contributed by atoms with E-state index in [1.807, 2.05) is 20.2 Å². The molecule has 1 saturated heterocycles. The third kappa shape index (κ3) is 6.70. The average molecular weight is 592 g/mol. The highest BCUT2D eigenvalue weighted by Gasteiger charge is 2.27. The Morgan fingerprint density at radius 2 is 1.88 bits per heavy atom. The number of hydrogen-bond donors (Lipinski definition) is 1. The zero-order valence-electron chi connectivity index (χ0n) is 23.4. The zero-order valence-corrected chi connectivity index (χ0v) is 24.9. The summed E-state index contributed by atoms with van der Waals surface area (Å²) in [6.07, 6.45) is 4.60. The van der Waals surface area contributed by atoms with Crippen LogP contribution in [0.25, 0.3) is 22.2 Å². The van der Waals surface area contributed by atoms with Gasteiger partial charge < -0.3 is 24.4 Å². The van der Waals surface area contributed by atoms with Crippen LogP contribution < -0.4 is 20.3 Å². The number of fused-ring (bicyclic) bond motifs is 1. The maximum absolute atomic E-state index is 14.0. The molecule has 0 saturated carbocycles. The van der Waals surface area contributed by atoms with Crippen LogP contribution in [0.4, 0.5) is 5.95 Å². The highest BCUT2D eigenvalue weighted by molar-refractivity contribution is 6.41. The molecule has 1 N–H and O–H groups in total. The number of pyridine rings is 1. The number of ether oxygens (including phenoxy) is 3. The van der Waals surface area contributed by atoms with E-state index in [-0.39, 0.29) is 33.8 Å². The summed E-state index contributed by atoms with van der Waals surface area (Å²) < 4.78 is 18.5. The molecule has 0 amide bonds. The van der Waals surface area contributed by atoms with Gasteiger partial charge in [-0.15, -0.1) is 6.58 Å². The molecule has 0 atom stereocenters. The van der Waals surface area contributed by atoms with Gasteiger partial charge in [-0.05, 0) is 33.1 Å². The Kier molecular flexibility index (Phi) is 10.3. The Balaban J connectivity index is 1.72. The Hall–Kier alpha value is -2.89. The van der Waals surface area contributed by atoms with Crippen molar-refractivity contribution in [1.82, 2.24) is 24.3 Å².